The van der Waals surface area contributed by atoms with Crippen LogP contribution in [0.25, 0.3) is 0 Å². The Morgan fingerprint density at radius 2 is 2.33 bits per heavy atom. The molecular formula is C12H12FN3OS. The van der Waals surface area contributed by atoms with Crippen molar-refractivity contribution in [1.82, 2.24) is 4.98 Å². The second kappa shape index (κ2) is 5.14. The van der Waals surface area contributed by atoms with Crippen molar-refractivity contribution < 1.29 is 9.18 Å². The molecule has 0 fully saturated rings. The Hall–Kier alpha value is -1.95. The first kappa shape index (κ1) is 12.5. The maximum atomic E-state index is 13.3. The van der Waals surface area contributed by atoms with Gasteiger partial charge in [0.05, 0.1) is 23.3 Å². The fourth-order valence-electron chi connectivity index (χ4n) is 1.50. The summed E-state index contributed by atoms with van der Waals surface area (Å²) in [5.41, 5.74) is 8.36. The zero-order valence-corrected chi connectivity index (χ0v) is 10.6. The van der Waals surface area contributed by atoms with Crippen molar-refractivity contribution in [2.75, 3.05) is 5.32 Å². The summed E-state index contributed by atoms with van der Waals surface area (Å²) in [5, 5.41) is 3.11. The Bertz CT molecular complexity index is 582. The third kappa shape index (κ3) is 2.65. The van der Waals surface area contributed by atoms with Gasteiger partial charge in [-0.25, -0.2) is 9.37 Å². The summed E-state index contributed by atoms with van der Waals surface area (Å²) in [7, 11) is 0. The number of halogens is 1. The lowest BCUT2D eigenvalue weighted by atomic mass is 10.2. The van der Waals surface area contributed by atoms with Crippen LogP contribution in [0.5, 0.6) is 0 Å². The van der Waals surface area contributed by atoms with Gasteiger partial charge in [0.1, 0.15) is 5.82 Å². The van der Waals surface area contributed by atoms with Crippen LogP contribution in [0.3, 0.4) is 0 Å². The molecule has 0 atom stereocenters. The molecule has 0 aliphatic heterocycles. The monoisotopic (exact) mass is 265 g/mol. The molecule has 0 unspecified atom stereocenters. The van der Waals surface area contributed by atoms with Gasteiger partial charge in [-0.3, -0.25) is 4.79 Å². The van der Waals surface area contributed by atoms with Gasteiger partial charge in [0.25, 0.3) is 5.91 Å². The highest BCUT2D eigenvalue weighted by molar-refractivity contribution is 7.09. The number of nitrogens with zero attached hydrogens (tertiary/aromatic N) is 1. The van der Waals surface area contributed by atoms with E-state index in [1.54, 1.807) is 22.9 Å². The van der Waals surface area contributed by atoms with Gasteiger partial charge < -0.3 is 11.1 Å². The van der Waals surface area contributed by atoms with Crippen LogP contribution < -0.4 is 11.1 Å². The van der Waals surface area contributed by atoms with Gasteiger partial charge in [0.15, 0.2) is 0 Å². The number of nitrogens with one attached hydrogen (secondary N) is 1. The molecule has 94 valence electrons. The predicted molar refractivity (Wildman–Crippen MR) is 69.1 cm³/mol. The molecular weight excluding hydrogens is 253 g/mol. The molecule has 1 aromatic heterocycles. The van der Waals surface area contributed by atoms with E-state index >= 15 is 0 Å². The first-order valence-electron chi connectivity index (χ1n) is 5.30. The van der Waals surface area contributed by atoms with Gasteiger partial charge in [0.2, 0.25) is 0 Å². The molecule has 0 aliphatic carbocycles. The Labute approximate surface area is 108 Å². The molecule has 1 aromatic carbocycles. The van der Waals surface area contributed by atoms with Crippen molar-refractivity contribution in [3.8, 4) is 0 Å². The summed E-state index contributed by atoms with van der Waals surface area (Å²) in [4.78, 5) is 16.2. The molecule has 18 heavy (non-hydrogen) atoms. The van der Waals surface area contributed by atoms with Gasteiger partial charge >= 0.3 is 0 Å². The molecule has 6 heteroatoms. The summed E-state index contributed by atoms with van der Waals surface area (Å²) < 4.78 is 13.3. The van der Waals surface area contributed by atoms with Crippen LogP contribution in [-0.2, 0) is 6.54 Å². The minimum atomic E-state index is -0.773. The molecule has 0 radical (unpaired) electrons. The lowest BCUT2D eigenvalue weighted by molar-refractivity contribution is 0.0996. The molecule has 2 rings (SSSR count). The summed E-state index contributed by atoms with van der Waals surface area (Å²) in [6.45, 7) is 2.51. The van der Waals surface area contributed by atoms with Gasteiger partial charge in [-0.1, -0.05) is 0 Å². The van der Waals surface area contributed by atoms with E-state index in [0.717, 1.165) is 10.6 Å². The van der Waals surface area contributed by atoms with E-state index in [1.165, 1.54) is 12.1 Å². The normalized spacial score (nSPS) is 10.3. The van der Waals surface area contributed by atoms with Gasteiger partial charge in [-0.15, -0.1) is 11.3 Å². The number of nitrogens with two attached hydrogens (primary N) is 1. The number of hydrogen-bond donors (Lipinski definition) is 2. The molecule has 1 amide bonds. The molecule has 4 nitrogen and oxygen atoms in total. The highest BCUT2D eigenvalue weighted by Crippen LogP contribution is 2.18. The topological polar surface area (TPSA) is 68.0 Å². The van der Waals surface area contributed by atoms with Crippen molar-refractivity contribution in [2.45, 2.75) is 13.5 Å². The van der Waals surface area contributed by atoms with Crippen LogP contribution in [0, 0.1) is 12.7 Å². The van der Waals surface area contributed by atoms with Crippen molar-refractivity contribution in [2.24, 2.45) is 5.73 Å². The van der Waals surface area contributed by atoms with E-state index in [1.807, 2.05) is 6.92 Å². The maximum absolute atomic E-state index is 13.3. The van der Waals surface area contributed by atoms with E-state index in [4.69, 9.17) is 5.73 Å². The Balaban J connectivity index is 2.13. The molecule has 0 aliphatic rings. The number of hydrogen-bond acceptors (Lipinski definition) is 4. The highest BCUT2D eigenvalue weighted by atomic mass is 32.1. The molecule has 0 bridgehead atoms. The van der Waals surface area contributed by atoms with E-state index < -0.39 is 11.7 Å². The molecule has 0 saturated carbocycles. The lowest BCUT2D eigenvalue weighted by Crippen LogP contribution is -2.13. The minimum absolute atomic E-state index is 0.110. The summed E-state index contributed by atoms with van der Waals surface area (Å²) >= 11 is 1.54. The number of aromatic nitrogens is 1. The SMILES string of the molecule is Cc1ncsc1CNc1ccc(F)c(C(N)=O)c1. The number of anilines is 1. The fraction of sp³-hybridized carbons (Fsp3) is 0.167. The number of aryl methyl sites for hydroxylation is 1. The van der Waals surface area contributed by atoms with Crippen LogP contribution in [-0.4, -0.2) is 10.9 Å². The zero-order valence-electron chi connectivity index (χ0n) is 9.74. The summed E-state index contributed by atoms with van der Waals surface area (Å²) in [5.74, 6) is -1.38. The van der Waals surface area contributed by atoms with Gasteiger partial charge in [-0.2, -0.15) is 0 Å². The highest BCUT2D eigenvalue weighted by Gasteiger charge is 2.09. The van der Waals surface area contributed by atoms with Crippen LogP contribution in [0.4, 0.5) is 10.1 Å². The predicted octanol–water partition coefficient (Wildman–Crippen LogP) is 2.30. The second-order valence-corrected chi connectivity index (χ2v) is 4.71. The van der Waals surface area contributed by atoms with Gasteiger partial charge in [0, 0.05) is 10.6 Å². The first-order chi connectivity index (χ1) is 8.58. The Morgan fingerprint density at radius 1 is 1.56 bits per heavy atom. The van der Waals surface area contributed by atoms with Gasteiger partial charge in [-0.05, 0) is 25.1 Å². The number of thiazole rings is 1. The van der Waals surface area contributed by atoms with Crippen LogP contribution in [0.2, 0.25) is 0 Å². The molecule has 0 spiro atoms. The lowest BCUT2D eigenvalue weighted by Gasteiger charge is -2.07. The van der Waals surface area contributed by atoms with Crippen LogP contribution in [0.15, 0.2) is 23.7 Å². The van der Waals surface area contributed by atoms with Crippen LogP contribution in [0.1, 0.15) is 20.9 Å². The van der Waals surface area contributed by atoms with Crippen molar-refractivity contribution in [1.29, 1.82) is 0 Å². The number of carbonyl (C=O) groups is 1. The van der Waals surface area contributed by atoms with Crippen molar-refractivity contribution in [3.63, 3.8) is 0 Å². The summed E-state index contributed by atoms with van der Waals surface area (Å²) in [6, 6.07) is 4.20. The molecule has 3 N–H and O–H groups in total. The van der Waals surface area contributed by atoms with Crippen molar-refractivity contribution in [3.05, 3.63) is 45.7 Å². The average Bonchev–Trinajstić information content (AvgIpc) is 2.73. The van der Waals surface area contributed by atoms with E-state index in [0.29, 0.717) is 12.2 Å². The largest absolute Gasteiger partial charge is 0.380 e. The minimum Gasteiger partial charge on any atom is -0.380 e. The summed E-state index contributed by atoms with van der Waals surface area (Å²) in [6.07, 6.45) is 0. The maximum Gasteiger partial charge on any atom is 0.251 e. The second-order valence-electron chi connectivity index (χ2n) is 3.77. The van der Waals surface area contributed by atoms with E-state index in [9.17, 15) is 9.18 Å². The van der Waals surface area contributed by atoms with Crippen LogP contribution >= 0.6 is 11.3 Å². The first-order valence-corrected chi connectivity index (χ1v) is 6.18. The Morgan fingerprint density at radius 3 is 2.94 bits per heavy atom. The van der Waals surface area contributed by atoms with E-state index in [2.05, 4.69) is 10.3 Å². The quantitative estimate of drug-likeness (QED) is 0.891. The zero-order chi connectivity index (χ0) is 13.1. The number of benzene rings is 1. The fourth-order valence-corrected chi connectivity index (χ4v) is 2.22. The number of carbonyl (C=O) groups excluding carboxylic acids is 1. The third-order valence-corrected chi connectivity index (χ3v) is 3.46. The molecule has 2 aromatic rings. The van der Waals surface area contributed by atoms with Crippen molar-refractivity contribution >= 4 is 22.9 Å². The number of amides is 1. The average molecular weight is 265 g/mol. The molecule has 0 saturated heterocycles. The number of rotatable bonds is 4. The number of primary amides is 1. The Kier molecular flexibility index (Phi) is 3.57. The third-order valence-electron chi connectivity index (χ3n) is 2.53. The standard InChI is InChI=1S/C12H12FN3OS/c1-7-11(18-6-16-7)5-15-8-2-3-10(13)9(4-8)12(14)17/h2-4,6,15H,5H2,1H3,(H2,14,17). The molecule has 1 heterocycles. The van der Waals surface area contributed by atoms with E-state index in [-0.39, 0.29) is 5.56 Å². The smallest absolute Gasteiger partial charge is 0.251 e.